The summed E-state index contributed by atoms with van der Waals surface area (Å²) in [5.74, 6) is 0.996. The number of hydrogen-bond donors (Lipinski definition) is 1. The Morgan fingerprint density at radius 3 is 2.32 bits per heavy atom. The monoisotopic (exact) mass is 457 g/mol. The minimum atomic E-state index is 0.0114. The molecule has 6 heteroatoms. The molecular formula is C28H35N5O. The molecule has 1 saturated heterocycles. The van der Waals surface area contributed by atoms with Gasteiger partial charge >= 0.3 is 0 Å². The van der Waals surface area contributed by atoms with E-state index in [-0.39, 0.29) is 11.8 Å². The highest BCUT2D eigenvalue weighted by Gasteiger charge is 2.26. The van der Waals surface area contributed by atoms with Crippen LogP contribution < -0.4 is 15.1 Å². The number of carbonyl (C=O) groups excluding carboxylic acids is 1. The van der Waals surface area contributed by atoms with Crippen LogP contribution in [0.15, 0.2) is 54.6 Å². The van der Waals surface area contributed by atoms with E-state index >= 15 is 0 Å². The van der Waals surface area contributed by atoms with Crippen molar-refractivity contribution < 1.29 is 4.79 Å². The van der Waals surface area contributed by atoms with Crippen molar-refractivity contribution in [3.63, 3.8) is 0 Å². The first-order chi connectivity index (χ1) is 16.5. The van der Waals surface area contributed by atoms with Crippen LogP contribution in [0.5, 0.6) is 0 Å². The number of aromatic nitrogens is 2. The molecule has 1 aliphatic rings. The second-order valence-electron chi connectivity index (χ2n) is 9.01. The Morgan fingerprint density at radius 2 is 1.71 bits per heavy atom. The van der Waals surface area contributed by atoms with E-state index in [1.807, 2.05) is 30.3 Å². The van der Waals surface area contributed by atoms with Gasteiger partial charge in [-0.15, -0.1) is 10.2 Å². The highest BCUT2D eigenvalue weighted by atomic mass is 16.1. The lowest BCUT2D eigenvalue weighted by molar-refractivity contribution is -0.120. The molecule has 0 atom stereocenters. The van der Waals surface area contributed by atoms with Gasteiger partial charge in [-0.2, -0.15) is 0 Å². The number of aryl methyl sites for hydroxylation is 2. The Hall–Kier alpha value is -3.41. The molecule has 6 nitrogen and oxygen atoms in total. The van der Waals surface area contributed by atoms with Gasteiger partial charge in [-0.3, -0.25) is 4.79 Å². The van der Waals surface area contributed by atoms with Gasteiger partial charge in [0.1, 0.15) is 0 Å². The molecule has 1 N–H and O–H groups in total. The number of nitrogens with zero attached hydrogens (tertiary/aromatic N) is 4. The van der Waals surface area contributed by atoms with Crippen LogP contribution in [0.3, 0.4) is 0 Å². The van der Waals surface area contributed by atoms with E-state index in [0.717, 1.165) is 67.3 Å². The first-order valence-electron chi connectivity index (χ1n) is 12.3. The van der Waals surface area contributed by atoms with Gasteiger partial charge in [0.2, 0.25) is 5.91 Å². The molecule has 4 rings (SSSR count). The van der Waals surface area contributed by atoms with Crippen LogP contribution in [0, 0.1) is 19.8 Å². The number of benzene rings is 2. The molecular weight excluding hydrogens is 422 g/mol. The Labute approximate surface area is 203 Å². The zero-order valence-corrected chi connectivity index (χ0v) is 20.7. The zero-order chi connectivity index (χ0) is 24.1. The van der Waals surface area contributed by atoms with E-state index < -0.39 is 0 Å². The van der Waals surface area contributed by atoms with Gasteiger partial charge in [0, 0.05) is 49.0 Å². The molecule has 0 saturated carbocycles. The van der Waals surface area contributed by atoms with E-state index in [2.05, 4.69) is 77.3 Å². The van der Waals surface area contributed by atoms with Crippen LogP contribution in [0.25, 0.3) is 11.3 Å². The quantitative estimate of drug-likeness (QED) is 0.510. The predicted molar refractivity (Wildman–Crippen MR) is 141 cm³/mol. The predicted octanol–water partition coefficient (Wildman–Crippen LogP) is 5.46. The fourth-order valence-corrected chi connectivity index (χ4v) is 4.68. The Bertz CT molecular complexity index is 1120. The summed E-state index contributed by atoms with van der Waals surface area (Å²) in [4.78, 5) is 17.5. The lowest BCUT2D eigenvalue weighted by Gasteiger charge is -2.32. The topological polar surface area (TPSA) is 61.4 Å². The summed E-state index contributed by atoms with van der Waals surface area (Å²) >= 11 is 0. The van der Waals surface area contributed by atoms with E-state index in [1.54, 1.807) is 0 Å². The Morgan fingerprint density at radius 1 is 0.971 bits per heavy atom. The number of rotatable bonds is 7. The molecule has 0 spiro atoms. The number of hydrogen-bond acceptors (Lipinski definition) is 5. The first-order valence-corrected chi connectivity index (χ1v) is 12.3. The van der Waals surface area contributed by atoms with Crippen LogP contribution in [0.4, 0.5) is 17.2 Å². The molecule has 1 aliphatic heterocycles. The van der Waals surface area contributed by atoms with Crippen LogP contribution in [-0.2, 0) is 4.79 Å². The number of nitrogens with one attached hydrogen (secondary N) is 1. The van der Waals surface area contributed by atoms with Gasteiger partial charge in [0.25, 0.3) is 0 Å². The van der Waals surface area contributed by atoms with Gasteiger partial charge < -0.3 is 15.1 Å². The van der Waals surface area contributed by atoms with Crippen LogP contribution in [0.1, 0.15) is 37.8 Å². The summed E-state index contributed by atoms with van der Waals surface area (Å²) in [6, 6.07) is 18.6. The van der Waals surface area contributed by atoms with Crippen molar-refractivity contribution >= 4 is 23.1 Å². The molecule has 0 radical (unpaired) electrons. The molecule has 1 aromatic heterocycles. The summed E-state index contributed by atoms with van der Waals surface area (Å²) in [5.41, 5.74) is 6.38. The molecule has 0 aliphatic carbocycles. The van der Waals surface area contributed by atoms with Gasteiger partial charge in [0.15, 0.2) is 5.82 Å². The fraction of sp³-hybridized carbons (Fsp3) is 0.393. The normalized spacial score (nSPS) is 14.2. The maximum atomic E-state index is 13.0. The zero-order valence-electron chi connectivity index (χ0n) is 20.7. The molecule has 1 amide bonds. The van der Waals surface area contributed by atoms with Crippen molar-refractivity contribution in [1.82, 2.24) is 10.2 Å². The van der Waals surface area contributed by atoms with Crippen LogP contribution in [-0.4, -0.2) is 42.3 Å². The summed E-state index contributed by atoms with van der Waals surface area (Å²) in [6.07, 6.45) is 1.62. The van der Waals surface area contributed by atoms with Crippen molar-refractivity contribution in [3.05, 3.63) is 65.7 Å². The average Bonchev–Trinajstić information content (AvgIpc) is 2.87. The first kappa shape index (κ1) is 23.7. The van der Waals surface area contributed by atoms with Gasteiger partial charge in [-0.25, -0.2) is 0 Å². The highest BCUT2D eigenvalue weighted by Crippen LogP contribution is 2.27. The SMILES string of the molecule is CCN(CC)c1ccc(NC(=O)C2CCN(c3ccc(-c4ccccc4C)nn3)CC2)c(C)c1. The number of carbonyl (C=O) groups is 1. The summed E-state index contributed by atoms with van der Waals surface area (Å²) in [6.45, 7) is 12.0. The lowest BCUT2D eigenvalue weighted by atomic mass is 9.95. The van der Waals surface area contributed by atoms with Gasteiger partial charge in [-0.05, 0) is 82.0 Å². The van der Waals surface area contributed by atoms with Crippen molar-refractivity contribution in [3.8, 4) is 11.3 Å². The minimum Gasteiger partial charge on any atom is -0.372 e. The number of piperidine rings is 1. The van der Waals surface area contributed by atoms with Crippen molar-refractivity contribution in [2.45, 2.75) is 40.5 Å². The van der Waals surface area contributed by atoms with E-state index in [9.17, 15) is 4.79 Å². The van der Waals surface area contributed by atoms with Crippen molar-refractivity contribution in [2.75, 3.05) is 41.3 Å². The maximum absolute atomic E-state index is 13.0. The van der Waals surface area contributed by atoms with Crippen LogP contribution in [0.2, 0.25) is 0 Å². The third kappa shape index (κ3) is 5.22. The Kier molecular flexibility index (Phi) is 7.46. The van der Waals surface area contributed by atoms with E-state index in [4.69, 9.17) is 0 Å². The van der Waals surface area contributed by atoms with Crippen molar-refractivity contribution in [1.29, 1.82) is 0 Å². The molecule has 1 fully saturated rings. The second-order valence-corrected chi connectivity index (χ2v) is 9.01. The Balaban J connectivity index is 1.34. The summed E-state index contributed by atoms with van der Waals surface area (Å²) in [7, 11) is 0. The van der Waals surface area contributed by atoms with Gasteiger partial charge in [-0.1, -0.05) is 24.3 Å². The largest absolute Gasteiger partial charge is 0.372 e. The summed E-state index contributed by atoms with van der Waals surface area (Å²) < 4.78 is 0. The molecule has 0 bridgehead atoms. The highest BCUT2D eigenvalue weighted by molar-refractivity contribution is 5.93. The molecule has 178 valence electrons. The molecule has 34 heavy (non-hydrogen) atoms. The molecule has 2 heterocycles. The minimum absolute atomic E-state index is 0.0114. The standard InChI is InChI=1S/C28H35N5O/c1-5-32(6-2)23-11-12-25(21(4)19-23)29-28(34)22-15-17-33(18-16-22)27-14-13-26(30-31-27)24-10-8-7-9-20(24)3/h7-14,19,22H,5-6,15-18H2,1-4H3,(H,29,34). The fourth-order valence-electron chi connectivity index (χ4n) is 4.68. The second kappa shape index (κ2) is 10.7. The van der Waals surface area contributed by atoms with E-state index in [0.29, 0.717) is 0 Å². The van der Waals surface area contributed by atoms with Gasteiger partial charge in [0.05, 0.1) is 5.69 Å². The van der Waals surface area contributed by atoms with Crippen LogP contribution >= 0.6 is 0 Å². The third-order valence-corrected chi connectivity index (χ3v) is 6.86. The smallest absolute Gasteiger partial charge is 0.227 e. The molecule has 3 aromatic rings. The third-order valence-electron chi connectivity index (χ3n) is 6.86. The maximum Gasteiger partial charge on any atom is 0.227 e. The molecule has 0 unspecified atom stereocenters. The van der Waals surface area contributed by atoms with E-state index in [1.165, 1.54) is 11.3 Å². The summed E-state index contributed by atoms with van der Waals surface area (Å²) in [5, 5.41) is 12.1. The number of anilines is 3. The number of amides is 1. The average molecular weight is 458 g/mol. The molecule has 2 aromatic carbocycles. The van der Waals surface area contributed by atoms with Crippen molar-refractivity contribution in [2.24, 2.45) is 5.92 Å². The lowest BCUT2D eigenvalue weighted by Crippen LogP contribution is -2.38.